The summed E-state index contributed by atoms with van der Waals surface area (Å²) in [5.74, 6) is 1.07. The summed E-state index contributed by atoms with van der Waals surface area (Å²) in [4.78, 5) is 11.5. The van der Waals surface area contributed by atoms with E-state index in [9.17, 15) is 9.90 Å². The summed E-state index contributed by atoms with van der Waals surface area (Å²) in [6.45, 7) is 9.17. The van der Waals surface area contributed by atoms with Gasteiger partial charge in [-0.2, -0.15) is 0 Å². The van der Waals surface area contributed by atoms with Gasteiger partial charge in [0, 0.05) is 6.61 Å². The molecule has 0 bridgehead atoms. The number of aliphatic hydroxyl groups is 1. The van der Waals surface area contributed by atoms with Crippen LogP contribution in [0.4, 0.5) is 0 Å². The Kier molecular flexibility index (Phi) is 3.77. The summed E-state index contributed by atoms with van der Waals surface area (Å²) in [7, 11) is 0. The van der Waals surface area contributed by atoms with E-state index in [4.69, 9.17) is 4.74 Å². The Bertz CT molecular complexity index is 464. The Morgan fingerprint density at radius 1 is 1.05 bits per heavy atom. The summed E-state index contributed by atoms with van der Waals surface area (Å²) in [6, 6.07) is 0. The van der Waals surface area contributed by atoms with Crippen LogP contribution in [0, 0.1) is 22.7 Å². The average Bonchev–Trinajstić information content (AvgIpc) is 2.46. The van der Waals surface area contributed by atoms with Crippen molar-refractivity contribution in [1.29, 1.82) is 0 Å². The molecular weight excluding hydrogens is 276 g/mol. The SMILES string of the molecule is CC1(C=O)CCC2C(C)(CCC3C(C)(CO)CCCC32C)O1. The van der Waals surface area contributed by atoms with Crippen molar-refractivity contribution in [2.24, 2.45) is 22.7 Å². The maximum atomic E-state index is 11.5. The minimum Gasteiger partial charge on any atom is -0.396 e. The third-order valence-electron chi connectivity index (χ3n) is 7.57. The fourth-order valence-corrected chi connectivity index (χ4v) is 6.46. The van der Waals surface area contributed by atoms with Gasteiger partial charge in [0.25, 0.3) is 0 Å². The lowest BCUT2D eigenvalue weighted by Gasteiger charge is -2.65. The van der Waals surface area contributed by atoms with Crippen LogP contribution in [0.2, 0.25) is 0 Å². The molecular formula is C19H32O3. The molecule has 126 valence electrons. The van der Waals surface area contributed by atoms with E-state index in [1.807, 2.05) is 6.92 Å². The first-order valence-electron chi connectivity index (χ1n) is 8.99. The summed E-state index contributed by atoms with van der Waals surface area (Å²) >= 11 is 0. The number of fused-ring (bicyclic) bond motifs is 3. The lowest BCUT2D eigenvalue weighted by Crippen LogP contribution is -2.63. The zero-order valence-electron chi connectivity index (χ0n) is 14.7. The summed E-state index contributed by atoms with van der Waals surface area (Å²) in [6.07, 6.45) is 8.58. The molecule has 0 aromatic carbocycles. The highest BCUT2D eigenvalue weighted by atomic mass is 16.5. The van der Waals surface area contributed by atoms with Crippen LogP contribution in [-0.2, 0) is 9.53 Å². The van der Waals surface area contributed by atoms with Crippen molar-refractivity contribution >= 4 is 6.29 Å². The molecule has 3 nitrogen and oxygen atoms in total. The van der Waals surface area contributed by atoms with E-state index >= 15 is 0 Å². The van der Waals surface area contributed by atoms with Gasteiger partial charge in [-0.25, -0.2) is 0 Å². The molecule has 1 saturated heterocycles. The Morgan fingerprint density at radius 3 is 2.36 bits per heavy atom. The molecule has 3 aliphatic rings. The molecule has 3 rings (SSSR count). The van der Waals surface area contributed by atoms with Crippen LogP contribution in [-0.4, -0.2) is 29.2 Å². The van der Waals surface area contributed by atoms with Gasteiger partial charge < -0.3 is 14.6 Å². The third-order valence-corrected chi connectivity index (χ3v) is 7.57. The molecule has 3 heteroatoms. The molecule has 6 unspecified atom stereocenters. The molecule has 1 heterocycles. The van der Waals surface area contributed by atoms with Gasteiger partial charge in [-0.1, -0.05) is 20.3 Å². The standard InChI is InChI=1S/C19H32O3/c1-16(12-20)8-5-9-18(3)14(16)7-11-19(4)15(18)6-10-17(2,13-21)22-19/h13-15,20H,5-12H2,1-4H3. The van der Waals surface area contributed by atoms with Gasteiger partial charge in [-0.05, 0) is 75.0 Å². The van der Waals surface area contributed by atoms with Gasteiger partial charge in [0.2, 0.25) is 0 Å². The molecule has 3 fully saturated rings. The zero-order valence-corrected chi connectivity index (χ0v) is 14.7. The molecule has 0 aromatic rings. The quantitative estimate of drug-likeness (QED) is 0.791. The average molecular weight is 308 g/mol. The molecule has 0 spiro atoms. The molecule has 2 saturated carbocycles. The summed E-state index contributed by atoms with van der Waals surface area (Å²) in [5.41, 5.74) is -0.511. The van der Waals surface area contributed by atoms with Gasteiger partial charge in [-0.15, -0.1) is 0 Å². The van der Waals surface area contributed by atoms with Crippen molar-refractivity contribution in [1.82, 2.24) is 0 Å². The van der Waals surface area contributed by atoms with E-state index in [-0.39, 0.29) is 16.4 Å². The van der Waals surface area contributed by atoms with Crippen molar-refractivity contribution in [3.63, 3.8) is 0 Å². The van der Waals surface area contributed by atoms with E-state index in [1.54, 1.807) is 0 Å². The van der Waals surface area contributed by atoms with Crippen LogP contribution in [0.3, 0.4) is 0 Å². The topological polar surface area (TPSA) is 46.5 Å². The number of aliphatic hydroxyl groups excluding tert-OH is 1. The fraction of sp³-hybridized carbons (Fsp3) is 0.947. The van der Waals surface area contributed by atoms with Gasteiger partial charge in [0.15, 0.2) is 6.29 Å². The number of carbonyl (C=O) groups excluding carboxylic acids is 1. The van der Waals surface area contributed by atoms with Gasteiger partial charge in [0.1, 0.15) is 5.60 Å². The lowest BCUT2D eigenvalue weighted by molar-refractivity contribution is -0.258. The van der Waals surface area contributed by atoms with E-state index in [1.165, 1.54) is 12.8 Å². The van der Waals surface area contributed by atoms with Crippen molar-refractivity contribution in [3.8, 4) is 0 Å². The smallest absolute Gasteiger partial charge is 0.151 e. The number of hydrogen-bond acceptors (Lipinski definition) is 3. The predicted octanol–water partition coefficient (Wildman–Crippen LogP) is 3.73. The maximum absolute atomic E-state index is 11.5. The van der Waals surface area contributed by atoms with E-state index in [0.29, 0.717) is 18.4 Å². The Morgan fingerprint density at radius 2 is 1.73 bits per heavy atom. The first-order chi connectivity index (χ1) is 10.2. The molecule has 0 radical (unpaired) electrons. The number of rotatable bonds is 2. The Balaban J connectivity index is 1.94. The molecule has 6 atom stereocenters. The van der Waals surface area contributed by atoms with E-state index in [0.717, 1.165) is 38.4 Å². The maximum Gasteiger partial charge on any atom is 0.151 e. The molecule has 0 amide bonds. The highest BCUT2D eigenvalue weighted by Crippen LogP contribution is 2.65. The largest absolute Gasteiger partial charge is 0.396 e. The second-order valence-electron chi connectivity index (χ2n) is 9.20. The fourth-order valence-electron chi connectivity index (χ4n) is 6.46. The van der Waals surface area contributed by atoms with E-state index < -0.39 is 5.60 Å². The first-order valence-corrected chi connectivity index (χ1v) is 8.99. The minimum atomic E-state index is -0.608. The monoisotopic (exact) mass is 308 g/mol. The van der Waals surface area contributed by atoms with Crippen molar-refractivity contribution in [2.75, 3.05) is 6.61 Å². The summed E-state index contributed by atoms with van der Waals surface area (Å²) < 4.78 is 6.40. The molecule has 1 aliphatic heterocycles. The minimum absolute atomic E-state index is 0.0553. The number of ether oxygens (including phenoxy) is 1. The molecule has 2 aliphatic carbocycles. The van der Waals surface area contributed by atoms with Crippen LogP contribution in [0.15, 0.2) is 0 Å². The van der Waals surface area contributed by atoms with Crippen LogP contribution in [0.1, 0.15) is 72.6 Å². The van der Waals surface area contributed by atoms with E-state index in [2.05, 4.69) is 20.8 Å². The molecule has 1 N–H and O–H groups in total. The van der Waals surface area contributed by atoms with Crippen LogP contribution in [0.25, 0.3) is 0 Å². The number of carbonyl (C=O) groups is 1. The van der Waals surface area contributed by atoms with Crippen molar-refractivity contribution in [3.05, 3.63) is 0 Å². The number of aldehydes is 1. The third kappa shape index (κ3) is 2.19. The molecule has 0 aromatic heterocycles. The normalized spacial score (nSPS) is 55.1. The summed E-state index contributed by atoms with van der Waals surface area (Å²) in [5, 5.41) is 10.0. The zero-order chi connectivity index (χ0) is 16.2. The van der Waals surface area contributed by atoms with Crippen LogP contribution < -0.4 is 0 Å². The Hall–Kier alpha value is -0.410. The van der Waals surface area contributed by atoms with Crippen LogP contribution in [0.5, 0.6) is 0 Å². The number of hydrogen-bond donors (Lipinski definition) is 1. The van der Waals surface area contributed by atoms with Crippen molar-refractivity contribution in [2.45, 2.75) is 83.8 Å². The van der Waals surface area contributed by atoms with Gasteiger partial charge >= 0.3 is 0 Å². The van der Waals surface area contributed by atoms with Crippen molar-refractivity contribution < 1.29 is 14.6 Å². The van der Waals surface area contributed by atoms with Gasteiger partial charge in [0.05, 0.1) is 5.60 Å². The Labute approximate surface area is 134 Å². The van der Waals surface area contributed by atoms with Crippen LogP contribution >= 0.6 is 0 Å². The predicted molar refractivity (Wildman–Crippen MR) is 86.6 cm³/mol. The highest BCUT2D eigenvalue weighted by molar-refractivity contribution is 5.62. The molecule has 22 heavy (non-hydrogen) atoms. The second-order valence-corrected chi connectivity index (χ2v) is 9.20. The first kappa shape index (κ1) is 16.4. The van der Waals surface area contributed by atoms with Gasteiger partial charge in [-0.3, -0.25) is 0 Å². The highest BCUT2D eigenvalue weighted by Gasteiger charge is 2.62. The lowest BCUT2D eigenvalue weighted by atomic mass is 9.44. The second kappa shape index (κ2) is 5.04.